The van der Waals surface area contributed by atoms with Gasteiger partial charge in [0.25, 0.3) is 11.5 Å². The van der Waals surface area contributed by atoms with Crippen molar-refractivity contribution in [1.82, 2.24) is 34.7 Å². The second-order valence-corrected chi connectivity index (χ2v) is 9.41. The second kappa shape index (κ2) is 9.37. The van der Waals surface area contributed by atoms with Crippen LogP contribution >= 0.6 is 11.6 Å². The highest BCUT2D eigenvalue weighted by atomic mass is 35.5. The number of halogens is 1. The van der Waals surface area contributed by atoms with Crippen LogP contribution in [0.3, 0.4) is 0 Å². The largest absolute Gasteiger partial charge is 0.360 e. The molecule has 2 N–H and O–H groups in total. The minimum atomic E-state index is -0.488. The van der Waals surface area contributed by atoms with Crippen molar-refractivity contribution in [3.63, 3.8) is 0 Å². The van der Waals surface area contributed by atoms with E-state index in [0.29, 0.717) is 38.8 Å². The van der Waals surface area contributed by atoms with Gasteiger partial charge < -0.3 is 9.84 Å². The smallest absolute Gasteiger partial charge is 0.263 e. The number of fused-ring (bicyclic) bond motifs is 1. The second-order valence-electron chi connectivity index (χ2n) is 9.00. The Labute approximate surface area is 226 Å². The van der Waals surface area contributed by atoms with Gasteiger partial charge in [0.15, 0.2) is 5.65 Å². The monoisotopic (exact) mass is 540 g/mol. The first-order valence-electron chi connectivity index (χ1n) is 11.9. The summed E-state index contributed by atoms with van der Waals surface area (Å²) in [6.45, 7) is 5.38. The molecule has 1 amide bonds. The third-order valence-electron chi connectivity index (χ3n) is 6.16. The number of carbonyl (C=O) groups is 1. The number of carbonyl (C=O) groups excluding carboxylic acids is 1. The van der Waals surface area contributed by atoms with Crippen LogP contribution in [0.1, 0.15) is 27.4 Å². The third kappa shape index (κ3) is 4.28. The summed E-state index contributed by atoms with van der Waals surface area (Å²) in [6.07, 6.45) is 1.47. The predicted molar refractivity (Wildman–Crippen MR) is 146 cm³/mol. The molecular weight excluding hydrogens is 520 g/mol. The van der Waals surface area contributed by atoms with Gasteiger partial charge in [0.1, 0.15) is 28.2 Å². The van der Waals surface area contributed by atoms with Crippen molar-refractivity contribution in [2.45, 2.75) is 20.8 Å². The molecule has 0 spiro atoms. The number of benzene rings is 2. The van der Waals surface area contributed by atoms with Gasteiger partial charge in [-0.05, 0) is 44.5 Å². The minimum Gasteiger partial charge on any atom is -0.360 e. The van der Waals surface area contributed by atoms with Crippen molar-refractivity contribution in [3.8, 4) is 22.9 Å². The summed E-state index contributed by atoms with van der Waals surface area (Å²) in [5, 5.41) is 16.5. The number of hydrogen-bond donors (Lipinski definition) is 2. The summed E-state index contributed by atoms with van der Waals surface area (Å²) >= 11 is 6.36. The number of nitrogens with zero attached hydrogens (tertiary/aromatic N) is 6. The quantitative estimate of drug-likeness (QED) is 0.321. The lowest BCUT2D eigenvalue weighted by Gasteiger charge is -2.10. The molecule has 11 nitrogen and oxygen atoms in total. The lowest BCUT2D eigenvalue weighted by Crippen LogP contribution is -2.19. The molecule has 0 unspecified atom stereocenters. The number of aromatic amines is 1. The molecule has 4 heterocycles. The summed E-state index contributed by atoms with van der Waals surface area (Å²) in [6, 6.07) is 16.4. The molecule has 0 bridgehead atoms. The van der Waals surface area contributed by atoms with Crippen LogP contribution in [0, 0.1) is 20.8 Å². The number of rotatable bonds is 5. The van der Waals surface area contributed by atoms with E-state index in [9.17, 15) is 9.59 Å². The molecule has 39 heavy (non-hydrogen) atoms. The molecule has 0 saturated heterocycles. The summed E-state index contributed by atoms with van der Waals surface area (Å²) in [5.41, 5.74) is 3.44. The number of aromatic nitrogens is 7. The molecule has 6 aromatic rings. The van der Waals surface area contributed by atoms with Crippen molar-refractivity contribution < 1.29 is 9.32 Å². The Balaban J connectivity index is 1.42. The van der Waals surface area contributed by atoms with Crippen LogP contribution in [-0.2, 0) is 0 Å². The molecule has 0 saturated carbocycles. The maximum Gasteiger partial charge on any atom is 0.263 e. The summed E-state index contributed by atoms with van der Waals surface area (Å²) in [4.78, 5) is 33.9. The molecule has 12 heteroatoms. The van der Waals surface area contributed by atoms with Crippen LogP contribution in [-0.4, -0.2) is 40.6 Å². The molecule has 6 rings (SSSR count). The van der Waals surface area contributed by atoms with Crippen LogP contribution in [0.4, 0.5) is 5.82 Å². The fourth-order valence-corrected chi connectivity index (χ4v) is 4.59. The summed E-state index contributed by atoms with van der Waals surface area (Å²) in [5.74, 6) is 0.226. The number of aryl methyl sites for hydroxylation is 3. The molecule has 4 aromatic heterocycles. The number of nitrogens with one attached hydrogen (secondary N) is 2. The normalized spacial score (nSPS) is 11.3. The van der Waals surface area contributed by atoms with Gasteiger partial charge in [-0.2, -0.15) is 19.9 Å². The minimum absolute atomic E-state index is 0.110. The van der Waals surface area contributed by atoms with Gasteiger partial charge in [-0.3, -0.25) is 14.6 Å². The van der Waals surface area contributed by atoms with Crippen LogP contribution in [0.25, 0.3) is 33.9 Å². The number of hydrogen-bond acceptors (Lipinski definition) is 7. The lowest BCUT2D eigenvalue weighted by molar-refractivity contribution is 0.102. The van der Waals surface area contributed by atoms with E-state index in [1.54, 1.807) is 48.9 Å². The van der Waals surface area contributed by atoms with E-state index in [4.69, 9.17) is 16.1 Å². The third-order valence-corrected chi connectivity index (χ3v) is 6.49. The van der Waals surface area contributed by atoms with Gasteiger partial charge in [0.05, 0.1) is 22.6 Å². The van der Waals surface area contributed by atoms with E-state index in [2.05, 4.69) is 30.6 Å². The van der Waals surface area contributed by atoms with Crippen molar-refractivity contribution in [2.75, 3.05) is 5.32 Å². The molecule has 0 radical (unpaired) electrons. The SMILES string of the molecule is Cc1cccc(-n2ncc3c(=O)[nH]c(-n4nc(C)cc4NC(=O)c4c(-c5ccccc5Cl)noc4C)nc32)c1. The van der Waals surface area contributed by atoms with E-state index in [-0.39, 0.29) is 17.3 Å². The van der Waals surface area contributed by atoms with Crippen molar-refractivity contribution in [3.05, 3.63) is 98.8 Å². The van der Waals surface area contributed by atoms with E-state index in [1.807, 2.05) is 31.2 Å². The first-order valence-corrected chi connectivity index (χ1v) is 12.3. The van der Waals surface area contributed by atoms with Crippen molar-refractivity contribution >= 4 is 34.4 Å². The number of H-pyrrole nitrogens is 1. The number of amides is 1. The Morgan fingerprint density at radius 2 is 1.87 bits per heavy atom. The van der Waals surface area contributed by atoms with Gasteiger partial charge in [0.2, 0.25) is 5.95 Å². The first kappa shape index (κ1) is 24.3. The molecule has 0 fully saturated rings. The summed E-state index contributed by atoms with van der Waals surface area (Å²) < 4.78 is 8.29. The number of anilines is 1. The Morgan fingerprint density at radius 1 is 1.05 bits per heavy atom. The molecule has 0 aliphatic rings. The molecule has 0 atom stereocenters. The van der Waals surface area contributed by atoms with Crippen molar-refractivity contribution in [2.24, 2.45) is 0 Å². The van der Waals surface area contributed by atoms with Gasteiger partial charge >= 0.3 is 0 Å². The molecule has 194 valence electrons. The Morgan fingerprint density at radius 3 is 2.67 bits per heavy atom. The summed E-state index contributed by atoms with van der Waals surface area (Å²) in [7, 11) is 0. The van der Waals surface area contributed by atoms with Crippen LogP contribution < -0.4 is 10.9 Å². The molecule has 0 aliphatic heterocycles. The van der Waals surface area contributed by atoms with Gasteiger partial charge in [0, 0.05) is 11.6 Å². The van der Waals surface area contributed by atoms with Gasteiger partial charge in [-0.1, -0.05) is 47.1 Å². The average molecular weight is 541 g/mol. The Bertz CT molecular complexity index is 1950. The zero-order valence-corrected chi connectivity index (χ0v) is 21.8. The van der Waals surface area contributed by atoms with E-state index in [1.165, 1.54) is 10.9 Å². The van der Waals surface area contributed by atoms with Crippen LogP contribution in [0.2, 0.25) is 5.02 Å². The van der Waals surface area contributed by atoms with Crippen LogP contribution in [0.15, 0.2) is 70.1 Å². The Hall–Kier alpha value is -5.03. The lowest BCUT2D eigenvalue weighted by atomic mass is 10.1. The zero-order valence-electron chi connectivity index (χ0n) is 21.1. The van der Waals surface area contributed by atoms with Gasteiger partial charge in [-0.25, -0.2) is 4.68 Å². The maximum atomic E-state index is 13.5. The van der Waals surface area contributed by atoms with E-state index >= 15 is 0 Å². The molecular formula is C27H21ClN8O3. The van der Waals surface area contributed by atoms with Crippen LogP contribution in [0.5, 0.6) is 0 Å². The molecule has 2 aromatic carbocycles. The zero-order chi connectivity index (χ0) is 27.3. The topological polar surface area (TPSA) is 137 Å². The fraction of sp³-hybridized carbons (Fsp3) is 0.111. The van der Waals surface area contributed by atoms with E-state index in [0.717, 1.165) is 11.3 Å². The van der Waals surface area contributed by atoms with Gasteiger partial charge in [-0.15, -0.1) is 0 Å². The maximum absolute atomic E-state index is 13.5. The van der Waals surface area contributed by atoms with Crippen molar-refractivity contribution in [1.29, 1.82) is 0 Å². The fourth-order valence-electron chi connectivity index (χ4n) is 4.36. The standard InChI is InChI=1S/C27H21ClN8O3/c1-14-7-6-8-17(11-14)35-24-19(13-29-35)25(37)32-27(31-24)36-21(12-15(2)33-36)30-26(38)22-16(3)39-34-23(22)18-9-4-5-10-20(18)28/h4-13H,1-3H3,(H,30,38)(H,31,32,37). The predicted octanol–water partition coefficient (Wildman–Crippen LogP) is 4.78. The Kier molecular flexibility index (Phi) is 5.84. The highest BCUT2D eigenvalue weighted by molar-refractivity contribution is 6.33. The first-order chi connectivity index (χ1) is 18.8. The highest BCUT2D eigenvalue weighted by Crippen LogP contribution is 2.31. The highest BCUT2D eigenvalue weighted by Gasteiger charge is 2.25. The van der Waals surface area contributed by atoms with E-state index < -0.39 is 11.5 Å². The average Bonchev–Trinajstić information content (AvgIpc) is 3.61. The molecule has 0 aliphatic carbocycles.